The molecule has 0 aliphatic heterocycles. The zero-order valence-electron chi connectivity index (χ0n) is 13.8. The number of allylic oxidation sites excluding steroid dienone is 1. The van der Waals surface area contributed by atoms with Crippen LogP contribution >= 0.6 is 0 Å². The van der Waals surface area contributed by atoms with Crippen molar-refractivity contribution in [1.82, 2.24) is 0 Å². The predicted molar refractivity (Wildman–Crippen MR) is 93.3 cm³/mol. The van der Waals surface area contributed by atoms with Crippen molar-refractivity contribution in [1.29, 1.82) is 0 Å². The molecule has 0 aliphatic rings. The van der Waals surface area contributed by atoms with Gasteiger partial charge in [-0.3, -0.25) is 4.79 Å². The van der Waals surface area contributed by atoms with Crippen LogP contribution < -0.4 is 9.47 Å². The fourth-order valence-corrected chi connectivity index (χ4v) is 2.16. The molecule has 0 saturated carbocycles. The first-order valence-electron chi connectivity index (χ1n) is 7.82. The summed E-state index contributed by atoms with van der Waals surface area (Å²) >= 11 is 0. The van der Waals surface area contributed by atoms with Crippen LogP contribution in [0, 0.1) is 6.92 Å². The van der Waals surface area contributed by atoms with E-state index in [9.17, 15) is 4.79 Å². The number of carbonyl (C=O) groups is 1. The molecule has 23 heavy (non-hydrogen) atoms. The van der Waals surface area contributed by atoms with Crippen LogP contribution in [0.5, 0.6) is 11.5 Å². The Morgan fingerprint density at radius 2 is 1.61 bits per heavy atom. The summed E-state index contributed by atoms with van der Waals surface area (Å²) in [6.45, 7) is 7.01. The molecule has 0 fully saturated rings. The van der Waals surface area contributed by atoms with Gasteiger partial charge >= 0.3 is 0 Å². The van der Waals surface area contributed by atoms with Gasteiger partial charge in [-0.25, -0.2) is 0 Å². The zero-order chi connectivity index (χ0) is 16.7. The van der Waals surface area contributed by atoms with Crippen LogP contribution in [0.15, 0.2) is 48.5 Å². The first kappa shape index (κ1) is 16.8. The molecule has 0 N–H and O–H groups in total. The van der Waals surface area contributed by atoms with E-state index in [1.807, 2.05) is 63.2 Å². The Balaban J connectivity index is 2.16. The van der Waals surface area contributed by atoms with E-state index < -0.39 is 0 Å². The van der Waals surface area contributed by atoms with Crippen molar-refractivity contribution in [2.24, 2.45) is 0 Å². The third-order valence-corrected chi connectivity index (χ3v) is 3.33. The monoisotopic (exact) mass is 310 g/mol. The number of ketones is 1. The molecular formula is C20H22O3. The highest BCUT2D eigenvalue weighted by Gasteiger charge is 2.05. The van der Waals surface area contributed by atoms with Gasteiger partial charge in [0, 0.05) is 5.56 Å². The highest BCUT2D eigenvalue weighted by Crippen LogP contribution is 2.29. The maximum atomic E-state index is 12.2. The second-order valence-electron chi connectivity index (χ2n) is 5.14. The van der Waals surface area contributed by atoms with E-state index in [1.54, 1.807) is 12.2 Å². The molecule has 2 aromatic rings. The number of ether oxygens (including phenoxy) is 2. The smallest absolute Gasteiger partial charge is 0.185 e. The van der Waals surface area contributed by atoms with E-state index in [4.69, 9.17) is 9.47 Å². The molecule has 0 heterocycles. The molecule has 0 aromatic heterocycles. The van der Waals surface area contributed by atoms with Crippen LogP contribution in [0.25, 0.3) is 6.08 Å². The molecule has 3 nitrogen and oxygen atoms in total. The molecule has 0 aliphatic carbocycles. The molecule has 0 spiro atoms. The molecule has 0 amide bonds. The average Bonchev–Trinajstić information content (AvgIpc) is 2.56. The molecule has 3 heteroatoms. The van der Waals surface area contributed by atoms with Gasteiger partial charge in [0.15, 0.2) is 17.3 Å². The maximum Gasteiger partial charge on any atom is 0.185 e. The fourth-order valence-electron chi connectivity index (χ4n) is 2.16. The predicted octanol–water partition coefficient (Wildman–Crippen LogP) is 4.69. The van der Waals surface area contributed by atoms with E-state index in [2.05, 4.69) is 0 Å². The van der Waals surface area contributed by atoms with Crippen molar-refractivity contribution in [3.63, 3.8) is 0 Å². The van der Waals surface area contributed by atoms with Gasteiger partial charge in [-0.1, -0.05) is 42.0 Å². The summed E-state index contributed by atoms with van der Waals surface area (Å²) in [6, 6.07) is 13.2. The van der Waals surface area contributed by atoms with Crippen LogP contribution in [0.4, 0.5) is 0 Å². The summed E-state index contributed by atoms with van der Waals surface area (Å²) in [5.41, 5.74) is 2.72. The molecule has 2 aromatic carbocycles. The molecule has 0 radical (unpaired) electrons. The first-order valence-corrected chi connectivity index (χ1v) is 7.82. The van der Waals surface area contributed by atoms with Crippen molar-refractivity contribution < 1.29 is 14.3 Å². The number of hydrogen-bond acceptors (Lipinski definition) is 3. The zero-order valence-corrected chi connectivity index (χ0v) is 13.8. The van der Waals surface area contributed by atoms with Crippen LogP contribution in [0.3, 0.4) is 0 Å². The Morgan fingerprint density at radius 3 is 2.26 bits per heavy atom. The minimum atomic E-state index is -0.0168. The second-order valence-corrected chi connectivity index (χ2v) is 5.14. The average molecular weight is 310 g/mol. The van der Waals surface area contributed by atoms with E-state index in [1.165, 1.54) is 0 Å². The highest BCUT2D eigenvalue weighted by atomic mass is 16.5. The van der Waals surface area contributed by atoms with Crippen molar-refractivity contribution in [2.75, 3.05) is 13.2 Å². The SMILES string of the molecule is CCOc1ccc(C=CC(=O)c2ccc(C)cc2)cc1OCC. The number of carbonyl (C=O) groups excluding carboxylic acids is 1. The lowest BCUT2D eigenvalue weighted by molar-refractivity contribution is 0.104. The molecule has 2 rings (SSSR count). The van der Waals surface area contributed by atoms with Gasteiger partial charge in [-0.05, 0) is 44.5 Å². The number of benzene rings is 2. The molecule has 0 unspecified atom stereocenters. The Hall–Kier alpha value is -2.55. The summed E-state index contributed by atoms with van der Waals surface area (Å²) in [5.74, 6) is 1.40. The lowest BCUT2D eigenvalue weighted by Gasteiger charge is -2.11. The van der Waals surface area contributed by atoms with Crippen molar-refractivity contribution >= 4 is 11.9 Å². The largest absolute Gasteiger partial charge is 0.490 e. The number of hydrogen-bond donors (Lipinski definition) is 0. The first-order chi connectivity index (χ1) is 11.1. The Bertz CT molecular complexity index is 685. The van der Waals surface area contributed by atoms with E-state index >= 15 is 0 Å². The molecular weight excluding hydrogens is 288 g/mol. The highest BCUT2D eigenvalue weighted by molar-refractivity contribution is 6.06. The summed E-state index contributed by atoms with van der Waals surface area (Å²) in [4.78, 5) is 12.2. The second kappa shape index (κ2) is 8.18. The minimum Gasteiger partial charge on any atom is -0.490 e. The Labute approximate surface area is 137 Å². The van der Waals surface area contributed by atoms with E-state index in [-0.39, 0.29) is 5.78 Å². The van der Waals surface area contributed by atoms with Gasteiger partial charge in [0.1, 0.15) is 0 Å². The Morgan fingerprint density at radius 1 is 0.957 bits per heavy atom. The van der Waals surface area contributed by atoms with Gasteiger partial charge < -0.3 is 9.47 Å². The normalized spacial score (nSPS) is 10.7. The fraction of sp³-hybridized carbons (Fsp3) is 0.250. The molecule has 0 bridgehead atoms. The van der Waals surface area contributed by atoms with Gasteiger partial charge in [-0.15, -0.1) is 0 Å². The third kappa shape index (κ3) is 4.71. The summed E-state index contributed by atoms with van der Waals surface area (Å²) in [5, 5.41) is 0. The molecule has 0 atom stereocenters. The summed E-state index contributed by atoms with van der Waals surface area (Å²) < 4.78 is 11.1. The van der Waals surface area contributed by atoms with Gasteiger partial charge in [0.25, 0.3) is 0 Å². The van der Waals surface area contributed by atoms with Crippen molar-refractivity contribution in [3.05, 3.63) is 65.2 Å². The number of rotatable bonds is 7. The topological polar surface area (TPSA) is 35.5 Å². The van der Waals surface area contributed by atoms with Crippen LogP contribution in [-0.4, -0.2) is 19.0 Å². The standard InChI is InChI=1S/C20H22O3/c1-4-22-19-13-9-16(14-20(19)23-5-2)8-12-18(21)17-10-6-15(3)7-11-17/h6-14H,4-5H2,1-3H3. The van der Waals surface area contributed by atoms with E-state index in [0.29, 0.717) is 24.5 Å². The van der Waals surface area contributed by atoms with Crippen LogP contribution in [0.2, 0.25) is 0 Å². The Kier molecular flexibility index (Phi) is 5.98. The lowest BCUT2D eigenvalue weighted by Crippen LogP contribution is -1.98. The lowest BCUT2D eigenvalue weighted by atomic mass is 10.1. The minimum absolute atomic E-state index is 0.0168. The third-order valence-electron chi connectivity index (χ3n) is 3.33. The van der Waals surface area contributed by atoms with E-state index in [0.717, 1.165) is 16.9 Å². The number of aryl methyl sites for hydroxylation is 1. The van der Waals surface area contributed by atoms with Crippen LogP contribution in [-0.2, 0) is 0 Å². The van der Waals surface area contributed by atoms with Gasteiger partial charge in [0.05, 0.1) is 13.2 Å². The summed E-state index contributed by atoms with van der Waals surface area (Å²) in [6.07, 6.45) is 3.37. The van der Waals surface area contributed by atoms with Crippen LogP contribution in [0.1, 0.15) is 35.3 Å². The molecule has 120 valence electrons. The van der Waals surface area contributed by atoms with Gasteiger partial charge in [-0.2, -0.15) is 0 Å². The maximum absolute atomic E-state index is 12.2. The quantitative estimate of drug-likeness (QED) is 0.550. The van der Waals surface area contributed by atoms with Gasteiger partial charge in [0.2, 0.25) is 0 Å². The molecule has 0 saturated heterocycles. The van der Waals surface area contributed by atoms with Crippen molar-refractivity contribution in [2.45, 2.75) is 20.8 Å². The summed E-state index contributed by atoms with van der Waals surface area (Å²) in [7, 11) is 0. The van der Waals surface area contributed by atoms with Crippen molar-refractivity contribution in [3.8, 4) is 11.5 Å².